The van der Waals surface area contributed by atoms with Gasteiger partial charge in [-0.05, 0) is 12.1 Å². The molecule has 2 N–H and O–H groups in total. The van der Waals surface area contributed by atoms with Crippen LogP contribution in [0, 0.1) is 0 Å². The summed E-state index contributed by atoms with van der Waals surface area (Å²) in [6.45, 7) is 2.22. The molecule has 0 amide bonds. The number of aliphatic hydroxyl groups is 1. The zero-order valence-corrected chi connectivity index (χ0v) is 10.6. The quantitative estimate of drug-likeness (QED) is 0.670. The first-order valence-corrected chi connectivity index (χ1v) is 6.25. The fraction of sp³-hybridized carbons (Fsp3) is 0.385. The van der Waals surface area contributed by atoms with Gasteiger partial charge in [-0.2, -0.15) is 0 Å². The minimum Gasteiger partial charge on any atom is -0.491 e. The van der Waals surface area contributed by atoms with Gasteiger partial charge in [0.05, 0.1) is 12.7 Å². The number of benzene rings is 1. The van der Waals surface area contributed by atoms with Crippen LogP contribution in [0.25, 0.3) is 0 Å². The Labute approximate surface area is 112 Å². The van der Waals surface area contributed by atoms with Crippen LogP contribution in [-0.4, -0.2) is 45.9 Å². The van der Waals surface area contributed by atoms with Gasteiger partial charge in [-0.15, -0.1) is 5.10 Å². The molecule has 2 rings (SSSR count). The van der Waals surface area contributed by atoms with E-state index in [1.165, 1.54) is 0 Å². The van der Waals surface area contributed by atoms with Crippen molar-refractivity contribution in [1.82, 2.24) is 20.3 Å². The van der Waals surface area contributed by atoms with E-state index in [0.717, 1.165) is 18.8 Å². The van der Waals surface area contributed by atoms with Gasteiger partial charge in [0, 0.05) is 19.3 Å². The number of aromatic nitrogens is 3. The first kappa shape index (κ1) is 13.5. The van der Waals surface area contributed by atoms with Gasteiger partial charge < -0.3 is 15.2 Å². The smallest absolute Gasteiger partial charge is 0.119 e. The van der Waals surface area contributed by atoms with E-state index < -0.39 is 6.10 Å². The van der Waals surface area contributed by atoms with Crippen LogP contribution in [0.3, 0.4) is 0 Å². The molecule has 0 radical (unpaired) electrons. The van der Waals surface area contributed by atoms with Gasteiger partial charge in [0.25, 0.3) is 0 Å². The fourth-order valence-electron chi connectivity index (χ4n) is 1.58. The highest BCUT2D eigenvalue weighted by atomic mass is 16.5. The topological polar surface area (TPSA) is 72.2 Å². The molecule has 2 aromatic rings. The molecule has 0 aliphatic heterocycles. The SMILES string of the molecule is OC(CNCCn1ccnn1)COc1ccccc1. The summed E-state index contributed by atoms with van der Waals surface area (Å²) in [5.41, 5.74) is 0. The van der Waals surface area contributed by atoms with Crippen molar-refractivity contribution in [1.29, 1.82) is 0 Å². The van der Waals surface area contributed by atoms with Crippen LogP contribution in [0.5, 0.6) is 5.75 Å². The van der Waals surface area contributed by atoms with Crippen LogP contribution in [0.4, 0.5) is 0 Å². The highest BCUT2D eigenvalue weighted by molar-refractivity contribution is 5.20. The molecule has 6 nitrogen and oxygen atoms in total. The molecule has 0 saturated carbocycles. The van der Waals surface area contributed by atoms with Crippen molar-refractivity contribution in [3.05, 3.63) is 42.7 Å². The van der Waals surface area contributed by atoms with Gasteiger partial charge in [0.15, 0.2) is 0 Å². The second-order valence-corrected chi connectivity index (χ2v) is 4.15. The van der Waals surface area contributed by atoms with Crippen LogP contribution < -0.4 is 10.1 Å². The number of ether oxygens (including phenoxy) is 1. The zero-order valence-electron chi connectivity index (χ0n) is 10.6. The van der Waals surface area contributed by atoms with E-state index in [0.29, 0.717) is 6.54 Å². The normalized spacial score (nSPS) is 12.3. The molecule has 1 aromatic carbocycles. The van der Waals surface area contributed by atoms with Gasteiger partial charge >= 0.3 is 0 Å². The van der Waals surface area contributed by atoms with Crippen LogP contribution >= 0.6 is 0 Å². The molecule has 0 fully saturated rings. The lowest BCUT2D eigenvalue weighted by atomic mass is 10.3. The second-order valence-electron chi connectivity index (χ2n) is 4.15. The fourth-order valence-corrected chi connectivity index (χ4v) is 1.58. The maximum atomic E-state index is 9.75. The van der Waals surface area contributed by atoms with Crippen molar-refractivity contribution < 1.29 is 9.84 Å². The van der Waals surface area contributed by atoms with E-state index in [4.69, 9.17) is 4.74 Å². The molecule has 1 atom stereocenters. The van der Waals surface area contributed by atoms with Crippen molar-refractivity contribution in [2.75, 3.05) is 19.7 Å². The molecule has 102 valence electrons. The summed E-state index contributed by atoms with van der Waals surface area (Å²) in [5, 5.41) is 20.4. The van der Waals surface area contributed by atoms with Crippen LogP contribution in [0.1, 0.15) is 0 Å². The van der Waals surface area contributed by atoms with Crippen molar-refractivity contribution in [3.8, 4) is 5.75 Å². The second kappa shape index (κ2) is 7.50. The number of hydrogen-bond acceptors (Lipinski definition) is 5. The first-order chi connectivity index (χ1) is 9.34. The number of nitrogens with one attached hydrogen (secondary N) is 1. The monoisotopic (exact) mass is 262 g/mol. The Morgan fingerprint density at radius 3 is 2.89 bits per heavy atom. The molecule has 19 heavy (non-hydrogen) atoms. The number of hydrogen-bond donors (Lipinski definition) is 2. The third-order valence-electron chi connectivity index (χ3n) is 2.56. The van der Waals surface area contributed by atoms with Crippen molar-refractivity contribution >= 4 is 0 Å². The largest absolute Gasteiger partial charge is 0.491 e. The number of para-hydroxylation sites is 1. The summed E-state index contributed by atoms with van der Waals surface area (Å²) < 4.78 is 7.19. The van der Waals surface area contributed by atoms with Crippen molar-refractivity contribution in [3.63, 3.8) is 0 Å². The molecule has 1 aromatic heterocycles. The van der Waals surface area contributed by atoms with E-state index in [1.54, 1.807) is 17.1 Å². The molecular weight excluding hydrogens is 244 g/mol. The molecule has 0 bridgehead atoms. The number of nitrogens with zero attached hydrogens (tertiary/aromatic N) is 3. The highest BCUT2D eigenvalue weighted by Crippen LogP contribution is 2.08. The Morgan fingerprint density at radius 2 is 2.16 bits per heavy atom. The Bertz CT molecular complexity index is 447. The summed E-state index contributed by atoms with van der Waals surface area (Å²) in [6.07, 6.45) is 2.91. The Hall–Kier alpha value is -1.92. The summed E-state index contributed by atoms with van der Waals surface area (Å²) in [7, 11) is 0. The molecule has 1 unspecified atom stereocenters. The third-order valence-corrected chi connectivity index (χ3v) is 2.56. The molecule has 0 saturated heterocycles. The van der Waals surface area contributed by atoms with Gasteiger partial charge in [-0.25, -0.2) is 0 Å². The number of rotatable bonds is 8. The van der Waals surface area contributed by atoms with Crippen LogP contribution in [0.2, 0.25) is 0 Å². The van der Waals surface area contributed by atoms with Crippen molar-refractivity contribution in [2.24, 2.45) is 0 Å². The zero-order chi connectivity index (χ0) is 13.3. The Morgan fingerprint density at radius 1 is 1.32 bits per heavy atom. The lowest BCUT2D eigenvalue weighted by Gasteiger charge is -2.13. The predicted molar refractivity (Wildman–Crippen MR) is 70.8 cm³/mol. The molecule has 0 aliphatic rings. The third kappa shape index (κ3) is 5.07. The predicted octanol–water partition coefficient (Wildman–Crippen LogP) is 0.308. The van der Waals surface area contributed by atoms with E-state index in [-0.39, 0.29) is 6.61 Å². The van der Waals surface area contributed by atoms with Gasteiger partial charge in [-0.3, -0.25) is 4.68 Å². The summed E-state index contributed by atoms with van der Waals surface area (Å²) >= 11 is 0. The van der Waals surface area contributed by atoms with Gasteiger partial charge in [-0.1, -0.05) is 23.4 Å². The standard InChI is InChI=1S/C13H18N4O2/c18-12(11-19-13-4-2-1-3-5-13)10-14-6-8-17-9-7-15-16-17/h1-5,7,9,12,14,18H,6,8,10-11H2. The summed E-state index contributed by atoms with van der Waals surface area (Å²) in [5.74, 6) is 0.768. The molecule has 0 spiro atoms. The lowest BCUT2D eigenvalue weighted by molar-refractivity contribution is 0.106. The lowest BCUT2D eigenvalue weighted by Crippen LogP contribution is -2.33. The van der Waals surface area contributed by atoms with Gasteiger partial charge in [0.2, 0.25) is 0 Å². The minimum absolute atomic E-state index is 0.278. The Kier molecular flexibility index (Phi) is 5.33. The molecule has 0 aliphatic carbocycles. The summed E-state index contributed by atoms with van der Waals surface area (Å²) in [4.78, 5) is 0. The number of aliphatic hydroxyl groups excluding tert-OH is 1. The van der Waals surface area contributed by atoms with E-state index in [9.17, 15) is 5.11 Å². The van der Waals surface area contributed by atoms with E-state index in [2.05, 4.69) is 15.6 Å². The maximum Gasteiger partial charge on any atom is 0.119 e. The van der Waals surface area contributed by atoms with Crippen LogP contribution in [0.15, 0.2) is 42.7 Å². The Balaban J connectivity index is 1.56. The molecule has 6 heteroatoms. The highest BCUT2D eigenvalue weighted by Gasteiger charge is 2.04. The first-order valence-electron chi connectivity index (χ1n) is 6.25. The average molecular weight is 262 g/mol. The average Bonchev–Trinajstić information content (AvgIpc) is 2.96. The summed E-state index contributed by atoms with van der Waals surface area (Å²) in [6, 6.07) is 9.46. The molecule has 1 heterocycles. The van der Waals surface area contributed by atoms with Crippen LogP contribution in [-0.2, 0) is 6.54 Å². The van der Waals surface area contributed by atoms with E-state index in [1.807, 2.05) is 30.3 Å². The maximum absolute atomic E-state index is 9.75. The minimum atomic E-state index is -0.532. The van der Waals surface area contributed by atoms with E-state index >= 15 is 0 Å². The van der Waals surface area contributed by atoms with Crippen molar-refractivity contribution in [2.45, 2.75) is 12.6 Å². The van der Waals surface area contributed by atoms with Gasteiger partial charge in [0.1, 0.15) is 18.5 Å². The molecular formula is C13H18N4O2.